The Hall–Kier alpha value is -1.91. The SMILES string of the molecule is COC1(OC)CN/C(=N\[N+](=O)[O-])N(Cn2ccnc2Cl)C1. The first-order chi connectivity index (χ1) is 9.99. The van der Waals surface area contributed by atoms with Gasteiger partial charge in [-0.25, -0.2) is 15.1 Å². The average Bonchev–Trinajstić information content (AvgIpc) is 2.86. The third-order valence-corrected chi connectivity index (χ3v) is 3.47. The van der Waals surface area contributed by atoms with Crippen LogP contribution in [0.2, 0.25) is 5.28 Å². The van der Waals surface area contributed by atoms with Crippen LogP contribution in [0, 0.1) is 10.1 Å². The van der Waals surface area contributed by atoms with Crippen LogP contribution in [0.3, 0.4) is 0 Å². The molecule has 116 valence electrons. The lowest BCUT2D eigenvalue weighted by atomic mass is 10.2. The van der Waals surface area contributed by atoms with E-state index < -0.39 is 10.8 Å². The molecule has 2 heterocycles. The fraction of sp³-hybridized carbons (Fsp3) is 0.600. The minimum Gasteiger partial charge on any atom is -0.350 e. The van der Waals surface area contributed by atoms with Crippen LogP contribution in [0.4, 0.5) is 0 Å². The van der Waals surface area contributed by atoms with E-state index >= 15 is 0 Å². The van der Waals surface area contributed by atoms with Crippen LogP contribution in [0.5, 0.6) is 0 Å². The van der Waals surface area contributed by atoms with Gasteiger partial charge in [-0.2, -0.15) is 0 Å². The van der Waals surface area contributed by atoms with Gasteiger partial charge in [0.2, 0.25) is 11.1 Å². The monoisotopic (exact) mass is 318 g/mol. The van der Waals surface area contributed by atoms with Crippen molar-refractivity contribution in [1.29, 1.82) is 0 Å². The summed E-state index contributed by atoms with van der Waals surface area (Å²) in [6, 6.07) is 0. The van der Waals surface area contributed by atoms with Crippen LogP contribution in [-0.4, -0.2) is 58.5 Å². The zero-order chi connectivity index (χ0) is 15.5. The van der Waals surface area contributed by atoms with Gasteiger partial charge in [0.25, 0.3) is 5.96 Å². The number of hydrogen-bond acceptors (Lipinski definition) is 5. The maximum absolute atomic E-state index is 10.6. The molecule has 1 fully saturated rings. The molecule has 0 spiro atoms. The van der Waals surface area contributed by atoms with Crippen LogP contribution >= 0.6 is 11.6 Å². The van der Waals surface area contributed by atoms with Crippen LogP contribution in [0.15, 0.2) is 17.5 Å². The third kappa shape index (κ3) is 3.40. The Balaban J connectivity index is 2.24. The Labute approximate surface area is 125 Å². The molecule has 0 aliphatic carbocycles. The van der Waals surface area contributed by atoms with Crippen molar-refractivity contribution in [1.82, 2.24) is 19.8 Å². The summed E-state index contributed by atoms with van der Waals surface area (Å²) >= 11 is 5.92. The maximum Gasteiger partial charge on any atom is 0.273 e. The number of halogens is 1. The summed E-state index contributed by atoms with van der Waals surface area (Å²) in [6.07, 6.45) is 3.19. The minimum atomic E-state index is -0.928. The summed E-state index contributed by atoms with van der Waals surface area (Å²) in [7, 11) is 3.01. The Morgan fingerprint density at radius 1 is 1.62 bits per heavy atom. The van der Waals surface area contributed by atoms with Crippen molar-refractivity contribution in [2.24, 2.45) is 5.10 Å². The molecule has 0 unspecified atom stereocenters. The van der Waals surface area contributed by atoms with Crippen molar-refractivity contribution in [2.45, 2.75) is 12.5 Å². The molecular weight excluding hydrogens is 304 g/mol. The second-order valence-electron chi connectivity index (χ2n) is 4.34. The summed E-state index contributed by atoms with van der Waals surface area (Å²) in [5.74, 6) is -0.822. The van der Waals surface area contributed by atoms with Crippen LogP contribution in [0.25, 0.3) is 0 Å². The number of guanidine groups is 1. The van der Waals surface area contributed by atoms with E-state index in [1.165, 1.54) is 20.4 Å². The molecule has 0 aromatic carbocycles. The topological polar surface area (TPSA) is 107 Å². The van der Waals surface area contributed by atoms with Crippen molar-refractivity contribution >= 4 is 17.6 Å². The summed E-state index contributed by atoms with van der Waals surface area (Å²) in [5, 5.41) is 16.3. The Bertz CT molecular complexity index is 543. The molecular formula is C10H15ClN6O4. The molecule has 1 N–H and O–H groups in total. The number of nitro groups is 1. The van der Waals surface area contributed by atoms with Gasteiger partial charge in [-0.05, 0) is 11.6 Å². The van der Waals surface area contributed by atoms with Crippen LogP contribution in [0.1, 0.15) is 0 Å². The summed E-state index contributed by atoms with van der Waals surface area (Å²) < 4.78 is 12.3. The van der Waals surface area contributed by atoms with Crippen LogP contribution in [-0.2, 0) is 16.1 Å². The van der Waals surface area contributed by atoms with Crippen LogP contribution < -0.4 is 5.32 Å². The lowest BCUT2D eigenvalue weighted by Gasteiger charge is -2.41. The van der Waals surface area contributed by atoms with Gasteiger partial charge in [-0.1, -0.05) is 0 Å². The van der Waals surface area contributed by atoms with E-state index in [1.54, 1.807) is 15.7 Å². The first-order valence-corrected chi connectivity index (χ1v) is 6.36. The molecule has 11 heteroatoms. The molecule has 0 amide bonds. The average molecular weight is 319 g/mol. The van der Waals surface area contributed by atoms with Gasteiger partial charge in [0, 0.05) is 26.6 Å². The van der Waals surface area contributed by atoms with E-state index in [-0.39, 0.29) is 31.0 Å². The van der Waals surface area contributed by atoms with E-state index in [9.17, 15) is 10.1 Å². The molecule has 1 aliphatic heterocycles. The van der Waals surface area contributed by atoms with E-state index in [4.69, 9.17) is 21.1 Å². The number of methoxy groups -OCH3 is 2. The van der Waals surface area contributed by atoms with Gasteiger partial charge in [0.05, 0.1) is 13.1 Å². The number of ether oxygens (including phenoxy) is 2. The molecule has 1 aromatic heterocycles. The van der Waals surface area contributed by atoms with Crippen molar-refractivity contribution in [2.75, 3.05) is 27.3 Å². The highest BCUT2D eigenvalue weighted by molar-refractivity contribution is 6.28. The third-order valence-electron chi connectivity index (χ3n) is 3.16. The standard InChI is InChI=1S/C10H15ClN6O4/c1-20-10(21-2)5-13-9(14-17(18)19)16(6-10)7-15-4-3-12-8(15)11/h3-4H,5-7H2,1-2H3,(H,13,14). The molecule has 2 rings (SSSR count). The second-order valence-corrected chi connectivity index (χ2v) is 4.68. The molecule has 1 aromatic rings. The first-order valence-electron chi connectivity index (χ1n) is 5.98. The molecule has 1 saturated heterocycles. The predicted octanol–water partition coefficient (Wildman–Crippen LogP) is -0.0640. The summed E-state index contributed by atoms with van der Waals surface area (Å²) in [6.45, 7) is 0.696. The fourth-order valence-corrected chi connectivity index (χ4v) is 2.16. The highest BCUT2D eigenvalue weighted by Gasteiger charge is 2.39. The summed E-state index contributed by atoms with van der Waals surface area (Å²) in [4.78, 5) is 16.1. The number of rotatable bonds is 5. The zero-order valence-electron chi connectivity index (χ0n) is 11.5. The smallest absolute Gasteiger partial charge is 0.273 e. The normalized spacial score (nSPS) is 19.6. The molecule has 0 atom stereocenters. The van der Waals surface area contributed by atoms with Crippen molar-refractivity contribution < 1.29 is 14.5 Å². The minimum absolute atomic E-state index is 0.106. The molecule has 0 radical (unpaired) electrons. The Morgan fingerprint density at radius 3 is 2.86 bits per heavy atom. The molecule has 0 saturated carbocycles. The van der Waals surface area contributed by atoms with Gasteiger partial charge in [-0.15, -0.1) is 0 Å². The number of aromatic nitrogens is 2. The number of imidazole rings is 1. The fourth-order valence-electron chi connectivity index (χ4n) is 2.00. The zero-order valence-corrected chi connectivity index (χ0v) is 12.3. The van der Waals surface area contributed by atoms with Crippen molar-refractivity contribution in [3.8, 4) is 0 Å². The number of nitrogens with one attached hydrogen (secondary N) is 1. The van der Waals surface area contributed by atoms with Crippen molar-refractivity contribution in [3.63, 3.8) is 0 Å². The van der Waals surface area contributed by atoms with Gasteiger partial charge < -0.3 is 24.3 Å². The number of nitrogens with zero attached hydrogens (tertiary/aromatic N) is 5. The van der Waals surface area contributed by atoms with E-state index in [0.717, 1.165) is 0 Å². The molecule has 0 bridgehead atoms. The highest BCUT2D eigenvalue weighted by atomic mass is 35.5. The predicted molar refractivity (Wildman–Crippen MR) is 73.1 cm³/mol. The summed E-state index contributed by atoms with van der Waals surface area (Å²) in [5.41, 5.74) is 0. The van der Waals surface area contributed by atoms with Crippen molar-refractivity contribution in [3.05, 3.63) is 27.8 Å². The second kappa shape index (κ2) is 6.24. The van der Waals surface area contributed by atoms with Gasteiger partial charge >= 0.3 is 0 Å². The van der Waals surface area contributed by atoms with E-state index in [1.807, 2.05) is 0 Å². The first kappa shape index (κ1) is 15.5. The van der Waals surface area contributed by atoms with Gasteiger partial charge in [0.1, 0.15) is 11.8 Å². The quantitative estimate of drug-likeness (QED) is 0.460. The molecule has 1 aliphatic rings. The Kier molecular flexibility index (Phi) is 4.60. The molecule has 21 heavy (non-hydrogen) atoms. The van der Waals surface area contributed by atoms with Gasteiger partial charge in [-0.3, -0.25) is 0 Å². The lowest BCUT2D eigenvalue weighted by molar-refractivity contribution is -0.486. The Morgan fingerprint density at radius 2 is 2.33 bits per heavy atom. The van der Waals surface area contributed by atoms with Gasteiger partial charge in [0.15, 0.2) is 5.03 Å². The number of hydrogen-bond donors (Lipinski definition) is 1. The van der Waals surface area contributed by atoms with E-state index in [0.29, 0.717) is 0 Å². The highest BCUT2D eigenvalue weighted by Crippen LogP contribution is 2.18. The number of hydrazone groups is 1. The largest absolute Gasteiger partial charge is 0.350 e. The maximum atomic E-state index is 10.6. The van der Waals surface area contributed by atoms with E-state index in [2.05, 4.69) is 15.4 Å². The molecule has 10 nitrogen and oxygen atoms in total. The lowest BCUT2D eigenvalue weighted by Crippen LogP contribution is -2.63.